The fourth-order valence-corrected chi connectivity index (χ4v) is 2.48. The highest BCUT2D eigenvalue weighted by Crippen LogP contribution is 2.31. The Hall–Kier alpha value is -1.59. The third-order valence-electron chi connectivity index (χ3n) is 3.20. The Morgan fingerprint density at radius 1 is 1.45 bits per heavy atom. The molecule has 1 saturated heterocycles. The highest BCUT2D eigenvalue weighted by molar-refractivity contribution is 6.34. The average Bonchev–Trinajstić information content (AvgIpc) is 2.83. The summed E-state index contributed by atoms with van der Waals surface area (Å²) >= 11 is 6.20. The Bertz CT molecular complexity index is 519. The van der Waals surface area contributed by atoms with Crippen LogP contribution in [0.2, 0.25) is 5.02 Å². The largest absolute Gasteiger partial charge is 0.330 e. The molecule has 0 aliphatic carbocycles. The van der Waals surface area contributed by atoms with Gasteiger partial charge >= 0.3 is 0 Å². The lowest BCUT2D eigenvalue weighted by molar-refractivity contribution is -0.117. The SMILES string of the molecule is NCCCC(=O)Nc1ccc(N2CCCC2=O)c(Cl)c1. The maximum absolute atomic E-state index is 11.7. The third kappa shape index (κ3) is 3.49. The van der Waals surface area contributed by atoms with Crippen molar-refractivity contribution in [2.75, 3.05) is 23.3 Å². The molecule has 1 heterocycles. The van der Waals surface area contributed by atoms with E-state index in [0.717, 1.165) is 6.42 Å². The third-order valence-corrected chi connectivity index (χ3v) is 3.51. The average molecular weight is 296 g/mol. The number of hydrogen-bond acceptors (Lipinski definition) is 3. The van der Waals surface area contributed by atoms with E-state index in [0.29, 0.717) is 48.7 Å². The summed E-state index contributed by atoms with van der Waals surface area (Å²) in [5.74, 6) is 0.00291. The molecule has 1 fully saturated rings. The fourth-order valence-electron chi connectivity index (χ4n) is 2.19. The molecule has 0 unspecified atom stereocenters. The van der Waals surface area contributed by atoms with Crippen LogP contribution < -0.4 is 16.0 Å². The van der Waals surface area contributed by atoms with Crippen LogP contribution in [0.25, 0.3) is 0 Å². The standard InChI is InChI=1S/C14H18ClN3O2/c15-11-9-10(17-13(19)3-1-7-16)5-6-12(11)18-8-2-4-14(18)20/h5-6,9H,1-4,7-8,16H2,(H,17,19). The number of carbonyl (C=O) groups is 2. The van der Waals surface area contributed by atoms with Crippen molar-refractivity contribution >= 4 is 34.8 Å². The maximum atomic E-state index is 11.7. The molecule has 0 bridgehead atoms. The van der Waals surface area contributed by atoms with Crippen LogP contribution in [0.5, 0.6) is 0 Å². The molecule has 108 valence electrons. The molecule has 0 saturated carbocycles. The summed E-state index contributed by atoms with van der Waals surface area (Å²) in [5, 5.41) is 3.23. The Morgan fingerprint density at radius 3 is 2.85 bits per heavy atom. The minimum atomic E-state index is -0.0866. The van der Waals surface area contributed by atoms with E-state index in [4.69, 9.17) is 17.3 Å². The van der Waals surface area contributed by atoms with Crippen LogP contribution >= 0.6 is 11.6 Å². The molecule has 3 N–H and O–H groups in total. The van der Waals surface area contributed by atoms with E-state index in [1.54, 1.807) is 23.1 Å². The Kier molecular flexibility index (Phi) is 4.98. The lowest BCUT2D eigenvalue weighted by Gasteiger charge is -2.18. The highest BCUT2D eigenvalue weighted by atomic mass is 35.5. The number of nitrogens with zero attached hydrogens (tertiary/aromatic N) is 1. The summed E-state index contributed by atoms with van der Waals surface area (Å²) in [6.07, 6.45) is 2.46. The van der Waals surface area contributed by atoms with Gasteiger partial charge in [-0.05, 0) is 37.6 Å². The first kappa shape index (κ1) is 14.8. The maximum Gasteiger partial charge on any atom is 0.227 e. The predicted molar refractivity (Wildman–Crippen MR) is 80.0 cm³/mol. The summed E-state index contributed by atoms with van der Waals surface area (Å²) in [6, 6.07) is 5.19. The lowest BCUT2D eigenvalue weighted by Crippen LogP contribution is -2.24. The molecule has 1 aromatic carbocycles. The number of hydrogen-bond donors (Lipinski definition) is 2. The van der Waals surface area contributed by atoms with Crippen LogP contribution in [-0.2, 0) is 9.59 Å². The normalized spacial score (nSPS) is 14.7. The Balaban J connectivity index is 2.06. The number of amides is 2. The fraction of sp³-hybridized carbons (Fsp3) is 0.429. The quantitative estimate of drug-likeness (QED) is 0.874. The van der Waals surface area contributed by atoms with E-state index in [-0.39, 0.29) is 11.8 Å². The van der Waals surface area contributed by atoms with Crippen molar-refractivity contribution in [1.82, 2.24) is 0 Å². The second kappa shape index (κ2) is 6.72. The molecular weight excluding hydrogens is 278 g/mol. The molecule has 5 nitrogen and oxygen atoms in total. The van der Waals surface area contributed by atoms with Gasteiger partial charge in [0.1, 0.15) is 0 Å². The molecule has 0 radical (unpaired) electrons. The number of halogens is 1. The molecule has 1 aliphatic rings. The zero-order valence-corrected chi connectivity index (χ0v) is 11.9. The van der Waals surface area contributed by atoms with Gasteiger partial charge in [0.2, 0.25) is 11.8 Å². The summed E-state index contributed by atoms with van der Waals surface area (Å²) < 4.78 is 0. The molecule has 0 atom stereocenters. The van der Waals surface area contributed by atoms with Crippen molar-refractivity contribution < 1.29 is 9.59 Å². The first-order valence-electron chi connectivity index (χ1n) is 6.71. The molecule has 2 amide bonds. The second-order valence-electron chi connectivity index (χ2n) is 4.76. The van der Waals surface area contributed by atoms with Gasteiger partial charge in [-0.15, -0.1) is 0 Å². The van der Waals surface area contributed by atoms with Gasteiger partial charge in [0.15, 0.2) is 0 Å². The zero-order chi connectivity index (χ0) is 14.5. The van der Waals surface area contributed by atoms with Crippen molar-refractivity contribution in [3.05, 3.63) is 23.2 Å². The smallest absolute Gasteiger partial charge is 0.227 e. The van der Waals surface area contributed by atoms with E-state index >= 15 is 0 Å². The van der Waals surface area contributed by atoms with Crippen LogP contribution in [0.4, 0.5) is 11.4 Å². The van der Waals surface area contributed by atoms with Crippen molar-refractivity contribution in [2.45, 2.75) is 25.7 Å². The van der Waals surface area contributed by atoms with Gasteiger partial charge in [-0.1, -0.05) is 11.6 Å². The van der Waals surface area contributed by atoms with Crippen molar-refractivity contribution in [3.8, 4) is 0 Å². The second-order valence-corrected chi connectivity index (χ2v) is 5.16. The van der Waals surface area contributed by atoms with Crippen LogP contribution in [0, 0.1) is 0 Å². The van der Waals surface area contributed by atoms with Gasteiger partial charge < -0.3 is 16.0 Å². The van der Waals surface area contributed by atoms with Gasteiger partial charge in [0.25, 0.3) is 0 Å². The van der Waals surface area contributed by atoms with Gasteiger partial charge in [-0.25, -0.2) is 0 Å². The van der Waals surface area contributed by atoms with E-state index in [9.17, 15) is 9.59 Å². The van der Waals surface area contributed by atoms with Crippen LogP contribution in [0.15, 0.2) is 18.2 Å². The van der Waals surface area contributed by atoms with Gasteiger partial charge in [0, 0.05) is 25.1 Å². The topological polar surface area (TPSA) is 75.4 Å². The predicted octanol–water partition coefficient (Wildman–Crippen LogP) is 2.14. The van der Waals surface area contributed by atoms with E-state index < -0.39 is 0 Å². The summed E-state index contributed by atoms with van der Waals surface area (Å²) in [6.45, 7) is 1.19. The first-order chi connectivity index (χ1) is 9.61. The Morgan fingerprint density at radius 2 is 2.25 bits per heavy atom. The van der Waals surface area contributed by atoms with E-state index in [2.05, 4.69) is 5.32 Å². The monoisotopic (exact) mass is 295 g/mol. The molecule has 2 rings (SSSR count). The summed E-state index contributed by atoms with van der Waals surface area (Å²) in [7, 11) is 0. The number of anilines is 2. The van der Waals surface area contributed by atoms with Crippen molar-refractivity contribution in [3.63, 3.8) is 0 Å². The van der Waals surface area contributed by atoms with Crippen LogP contribution in [0.3, 0.4) is 0 Å². The Labute approximate surface area is 123 Å². The van der Waals surface area contributed by atoms with Crippen LogP contribution in [0.1, 0.15) is 25.7 Å². The van der Waals surface area contributed by atoms with E-state index in [1.165, 1.54) is 0 Å². The molecule has 6 heteroatoms. The van der Waals surface area contributed by atoms with E-state index in [1.807, 2.05) is 0 Å². The van der Waals surface area contributed by atoms with Crippen molar-refractivity contribution in [1.29, 1.82) is 0 Å². The minimum absolute atomic E-state index is 0.0866. The number of rotatable bonds is 5. The van der Waals surface area contributed by atoms with Gasteiger partial charge in [-0.3, -0.25) is 9.59 Å². The molecular formula is C14H18ClN3O2. The lowest BCUT2D eigenvalue weighted by atomic mass is 10.2. The molecule has 0 aromatic heterocycles. The number of benzene rings is 1. The molecule has 0 spiro atoms. The number of nitrogens with two attached hydrogens (primary N) is 1. The van der Waals surface area contributed by atoms with Crippen molar-refractivity contribution in [2.24, 2.45) is 5.73 Å². The first-order valence-corrected chi connectivity index (χ1v) is 7.09. The summed E-state index contributed by atoms with van der Waals surface area (Å²) in [5.41, 5.74) is 6.69. The minimum Gasteiger partial charge on any atom is -0.330 e. The molecule has 1 aromatic rings. The zero-order valence-electron chi connectivity index (χ0n) is 11.2. The number of nitrogens with one attached hydrogen (secondary N) is 1. The number of carbonyl (C=O) groups excluding carboxylic acids is 2. The van der Waals surface area contributed by atoms with Gasteiger partial charge in [0.05, 0.1) is 10.7 Å². The van der Waals surface area contributed by atoms with Crippen LogP contribution in [-0.4, -0.2) is 24.9 Å². The molecule has 1 aliphatic heterocycles. The highest BCUT2D eigenvalue weighted by Gasteiger charge is 2.23. The van der Waals surface area contributed by atoms with Gasteiger partial charge in [-0.2, -0.15) is 0 Å². The molecule has 20 heavy (non-hydrogen) atoms. The summed E-state index contributed by atoms with van der Waals surface area (Å²) in [4.78, 5) is 25.0.